The predicted octanol–water partition coefficient (Wildman–Crippen LogP) is 4.52. The number of hydrogen-bond acceptors (Lipinski definition) is 2. The molecule has 0 aliphatic carbocycles. The van der Waals surface area contributed by atoms with Gasteiger partial charge in [-0.25, -0.2) is 0 Å². The summed E-state index contributed by atoms with van der Waals surface area (Å²) in [4.78, 5) is 2.65. The molecule has 2 nitrogen and oxygen atoms in total. The summed E-state index contributed by atoms with van der Waals surface area (Å²) in [5.41, 5.74) is 5.36. The zero-order chi connectivity index (χ0) is 16.5. The van der Waals surface area contributed by atoms with Crippen molar-refractivity contribution in [3.8, 4) is 0 Å². The fourth-order valence-corrected chi connectivity index (χ4v) is 4.32. The van der Waals surface area contributed by atoms with Crippen molar-refractivity contribution in [2.45, 2.75) is 65.2 Å². The van der Waals surface area contributed by atoms with Crippen LogP contribution in [0.15, 0.2) is 18.2 Å². The summed E-state index contributed by atoms with van der Waals surface area (Å²) in [6.07, 6.45) is 6.64. The molecular weight excluding hydrogens is 280 g/mol. The van der Waals surface area contributed by atoms with Crippen LogP contribution >= 0.6 is 0 Å². The van der Waals surface area contributed by atoms with Crippen LogP contribution in [0.3, 0.4) is 0 Å². The van der Waals surface area contributed by atoms with E-state index in [2.05, 4.69) is 56.1 Å². The van der Waals surface area contributed by atoms with Crippen LogP contribution < -0.4 is 10.2 Å². The Balaban J connectivity index is 1.75. The standard InChI is InChI=1S/C21H34N2/c1-5-17-16-18(20(2,3)4)6-7-19(17)23-14-10-21(11-15-23)8-12-22-13-9-21/h6-7,16,22H,5,8-15H2,1-4H3. The zero-order valence-corrected chi connectivity index (χ0v) is 15.5. The van der Waals surface area contributed by atoms with Crippen LogP contribution in [0.4, 0.5) is 5.69 Å². The fraction of sp³-hybridized carbons (Fsp3) is 0.714. The van der Waals surface area contributed by atoms with Gasteiger partial charge in [-0.3, -0.25) is 0 Å². The van der Waals surface area contributed by atoms with E-state index < -0.39 is 0 Å². The summed E-state index contributed by atoms with van der Waals surface area (Å²) in [5.74, 6) is 0. The van der Waals surface area contributed by atoms with E-state index in [1.807, 2.05) is 0 Å². The average molecular weight is 315 g/mol. The van der Waals surface area contributed by atoms with Crippen LogP contribution in [0.1, 0.15) is 64.5 Å². The van der Waals surface area contributed by atoms with Crippen LogP contribution in [0.2, 0.25) is 0 Å². The Morgan fingerprint density at radius 3 is 2.26 bits per heavy atom. The van der Waals surface area contributed by atoms with E-state index in [-0.39, 0.29) is 5.41 Å². The van der Waals surface area contributed by atoms with Gasteiger partial charge < -0.3 is 10.2 Å². The summed E-state index contributed by atoms with van der Waals surface area (Å²) in [7, 11) is 0. The Bertz CT molecular complexity index is 525. The number of hydrogen-bond donors (Lipinski definition) is 1. The summed E-state index contributed by atoms with van der Waals surface area (Å²) in [5, 5.41) is 3.52. The molecule has 1 aromatic carbocycles. The number of anilines is 1. The van der Waals surface area contributed by atoms with Gasteiger partial charge in [-0.1, -0.05) is 39.8 Å². The van der Waals surface area contributed by atoms with E-state index in [0.717, 1.165) is 6.42 Å². The van der Waals surface area contributed by atoms with E-state index in [0.29, 0.717) is 5.41 Å². The number of benzene rings is 1. The smallest absolute Gasteiger partial charge is 0.0398 e. The lowest BCUT2D eigenvalue weighted by Gasteiger charge is -2.45. The molecule has 0 saturated carbocycles. The molecule has 2 fully saturated rings. The van der Waals surface area contributed by atoms with Gasteiger partial charge >= 0.3 is 0 Å². The maximum Gasteiger partial charge on any atom is 0.0398 e. The second-order valence-corrected chi connectivity index (χ2v) is 8.68. The molecule has 1 spiro atoms. The molecule has 1 aromatic rings. The van der Waals surface area contributed by atoms with Crippen molar-refractivity contribution >= 4 is 5.69 Å². The third-order valence-corrected chi connectivity index (χ3v) is 6.16. The largest absolute Gasteiger partial charge is 0.371 e. The minimum Gasteiger partial charge on any atom is -0.371 e. The highest BCUT2D eigenvalue weighted by Crippen LogP contribution is 2.41. The summed E-state index contributed by atoms with van der Waals surface area (Å²) in [6, 6.07) is 7.19. The Morgan fingerprint density at radius 2 is 1.70 bits per heavy atom. The van der Waals surface area contributed by atoms with Crippen molar-refractivity contribution in [3.05, 3.63) is 29.3 Å². The first-order chi connectivity index (χ1) is 10.9. The zero-order valence-electron chi connectivity index (χ0n) is 15.5. The van der Waals surface area contributed by atoms with Crippen LogP contribution in [0.5, 0.6) is 0 Å². The molecule has 128 valence electrons. The maximum atomic E-state index is 3.52. The van der Waals surface area contributed by atoms with Gasteiger partial charge in [-0.05, 0) is 73.2 Å². The molecule has 23 heavy (non-hydrogen) atoms. The molecule has 0 aromatic heterocycles. The van der Waals surface area contributed by atoms with Gasteiger partial charge in [-0.2, -0.15) is 0 Å². The van der Waals surface area contributed by atoms with Crippen LogP contribution in [0.25, 0.3) is 0 Å². The number of piperidine rings is 2. The number of rotatable bonds is 2. The third-order valence-electron chi connectivity index (χ3n) is 6.16. The molecule has 0 amide bonds. The normalized spacial score (nSPS) is 21.7. The van der Waals surface area contributed by atoms with Crippen molar-refractivity contribution in [1.29, 1.82) is 0 Å². The molecule has 2 aliphatic rings. The van der Waals surface area contributed by atoms with Crippen molar-refractivity contribution in [3.63, 3.8) is 0 Å². The SMILES string of the molecule is CCc1cc(C(C)(C)C)ccc1N1CCC2(CCNCC2)CC1. The first kappa shape index (κ1) is 16.8. The van der Waals surface area contributed by atoms with Crippen LogP contribution in [0, 0.1) is 5.41 Å². The molecule has 0 radical (unpaired) electrons. The van der Waals surface area contributed by atoms with Gasteiger partial charge in [0.05, 0.1) is 0 Å². The van der Waals surface area contributed by atoms with Gasteiger partial charge in [0, 0.05) is 18.8 Å². The topological polar surface area (TPSA) is 15.3 Å². The summed E-state index contributed by atoms with van der Waals surface area (Å²) >= 11 is 0. The fourth-order valence-electron chi connectivity index (χ4n) is 4.32. The summed E-state index contributed by atoms with van der Waals surface area (Å²) < 4.78 is 0. The highest BCUT2D eigenvalue weighted by molar-refractivity contribution is 5.56. The highest BCUT2D eigenvalue weighted by Gasteiger charge is 2.35. The van der Waals surface area contributed by atoms with Gasteiger partial charge in [0.25, 0.3) is 0 Å². The van der Waals surface area contributed by atoms with Crippen molar-refractivity contribution < 1.29 is 0 Å². The van der Waals surface area contributed by atoms with Crippen LogP contribution in [-0.2, 0) is 11.8 Å². The second kappa shape index (κ2) is 6.47. The molecule has 2 aliphatic heterocycles. The monoisotopic (exact) mass is 314 g/mol. The Kier molecular flexibility index (Phi) is 4.73. The van der Waals surface area contributed by atoms with E-state index in [9.17, 15) is 0 Å². The van der Waals surface area contributed by atoms with Crippen molar-refractivity contribution in [2.24, 2.45) is 5.41 Å². The molecule has 0 atom stereocenters. The molecule has 3 rings (SSSR count). The Labute approximate surface area is 142 Å². The van der Waals surface area contributed by atoms with Gasteiger partial charge in [-0.15, -0.1) is 0 Å². The van der Waals surface area contributed by atoms with Gasteiger partial charge in [0.15, 0.2) is 0 Å². The lowest BCUT2D eigenvalue weighted by molar-refractivity contribution is 0.155. The van der Waals surface area contributed by atoms with Gasteiger partial charge in [0.2, 0.25) is 0 Å². The number of nitrogens with one attached hydrogen (secondary N) is 1. The van der Waals surface area contributed by atoms with Gasteiger partial charge in [0.1, 0.15) is 0 Å². The molecule has 2 heteroatoms. The van der Waals surface area contributed by atoms with E-state index >= 15 is 0 Å². The quantitative estimate of drug-likeness (QED) is 0.863. The Morgan fingerprint density at radius 1 is 1.04 bits per heavy atom. The van der Waals surface area contributed by atoms with E-state index in [1.165, 1.54) is 68.7 Å². The average Bonchev–Trinajstić information content (AvgIpc) is 2.55. The lowest BCUT2D eigenvalue weighted by atomic mass is 9.71. The lowest BCUT2D eigenvalue weighted by Crippen LogP contribution is -2.45. The highest BCUT2D eigenvalue weighted by atomic mass is 15.1. The number of aryl methyl sites for hydroxylation is 1. The second-order valence-electron chi connectivity index (χ2n) is 8.68. The summed E-state index contributed by atoms with van der Waals surface area (Å²) in [6.45, 7) is 14.1. The van der Waals surface area contributed by atoms with E-state index in [4.69, 9.17) is 0 Å². The first-order valence-corrected chi connectivity index (χ1v) is 9.53. The molecular formula is C21H34N2. The predicted molar refractivity (Wildman–Crippen MR) is 101 cm³/mol. The van der Waals surface area contributed by atoms with Crippen molar-refractivity contribution in [1.82, 2.24) is 5.32 Å². The molecule has 0 unspecified atom stereocenters. The molecule has 0 bridgehead atoms. The molecule has 2 saturated heterocycles. The molecule has 2 heterocycles. The van der Waals surface area contributed by atoms with Crippen molar-refractivity contribution in [2.75, 3.05) is 31.1 Å². The number of nitrogens with zero attached hydrogens (tertiary/aromatic N) is 1. The Hall–Kier alpha value is -1.02. The minimum atomic E-state index is 0.240. The minimum absolute atomic E-state index is 0.240. The third kappa shape index (κ3) is 3.57. The maximum absolute atomic E-state index is 3.52. The first-order valence-electron chi connectivity index (χ1n) is 9.53. The van der Waals surface area contributed by atoms with Crippen LogP contribution in [-0.4, -0.2) is 26.2 Å². The van der Waals surface area contributed by atoms with E-state index in [1.54, 1.807) is 0 Å². The molecule has 1 N–H and O–H groups in total.